The zero-order chi connectivity index (χ0) is 32.5. The molecular formula is C35H44ClN3O7. The first-order valence-corrected chi connectivity index (χ1v) is 16.9. The molecule has 4 saturated heterocycles. The number of esters is 1. The van der Waals surface area contributed by atoms with Crippen molar-refractivity contribution in [1.82, 2.24) is 9.88 Å². The second-order valence-electron chi connectivity index (χ2n) is 13.4. The zero-order valence-corrected chi connectivity index (χ0v) is 27.6. The highest BCUT2D eigenvalue weighted by Gasteiger charge is 2.69. The number of unbranched alkanes of at least 4 members (excludes halogenated alkanes) is 1. The number of carbonyl (C=O) groups is 2. The predicted octanol–water partition coefficient (Wildman–Crippen LogP) is 6.07. The molecule has 11 heteroatoms. The molecule has 46 heavy (non-hydrogen) atoms. The van der Waals surface area contributed by atoms with Gasteiger partial charge in [0.25, 0.3) is 0 Å². The number of hydrogen-bond donors (Lipinski definition) is 1. The van der Waals surface area contributed by atoms with E-state index in [4.69, 9.17) is 42.0 Å². The molecule has 1 unspecified atom stereocenters. The molecule has 1 aromatic carbocycles. The molecule has 8 atom stereocenters. The van der Waals surface area contributed by atoms with Crippen LogP contribution in [-0.2, 0) is 33.6 Å². The van der Waals surface area contributed by atoms with Gasteiger partial charge >= 0.3 is 5.97 Å². The van der Waals surface area contributed by atoms with Crippen LogP contribution in [0.15, 0.2) is 30.5 Å². The van der Waals surface area contributed by atoms with Gasteiger partial charge in [-0.1, -0.05) is 25.4 Å². The summed E-state index contributed by atoms with van der Waals surface area (Å²) in [5.41, 5.74) is 0.963. The van der Waals surface area contributed by atoms with Crippen LogP contribution < -0.4 is 5.32 Å². The molecule has 5 fully saturated rings. The fraction of sp³-hybridized carbons (Fsp3) is 0.629. The number of nitrogens with one attached hydrogen (secondary N) is 1. The summed E-state index contributed by atoms with van der Waals surface area (Å²) in [4.78, 5) is 44.7. The molecule has 1 aliphatic carbocycles. The van der Waals surface area contributed by atoms with Crippen molar-refractivity contribution in [3.8, 4) is 12.3 Å². The van der Waals surface area contributed by atoms with Crippen LogP contribution in [0.2, 0.25) is 5.02 Å². The van der Waals surface area contributed by atoms with Gasteiger partial charge in [-0.2, -0.15) is 0 Å². The van der Waals surface area contributed by atoms with E-state index in [1.807, 2.05) is 38.1 Å². The smallest absolute Gasteiger partial charge is 0.308 e. The summed E-state index contributed by atoms with van der Waals surface area (Å²) in [7, 11) is 0. The molecule has 1 amide bonds. The van der Waals surface area contributed by atoms with Gasteiger partial charge in [-0.25, -0.2) is 9.78 Å². The minimum Gasteiger partial charge on any atom is -0.435 e. The Bertz CT molecular complexity index is 1480. The first-order chi connectivity index (χ1) is 22.1. The number of halogens is 1. The average Bonchev–Trinajstić information content (AvgIpc) is 3.27. The average molecular weight is 654 g/mol. The van der Waals surface area contributed by atoms with Gasteiger partial charge in [0.1, 0.15) is 0 Å². The maximum absolute atomic E-state index is 13.3. The quantitative estimate of drug-likeness (QED) is 0.134. The van der Waals surface area contributed by atoms with Gasteiger partial charge in [-0.15, -0.1) is 12.3 Å². The SMILES string of the molecule is C#CCCCN(CCNc1ccnc2cc(Cl)ccc12)C(=O)CCC(=O)O[C@@H]1O[C@@H]2OC3(C)CC[C@H]4[C@H](C)CC[C@@H]([C@H]1C)[C@@]24OO3. The van der Waals surface area contributed by atoms with E-state index in [-0.39, 0.29) is 36.5 Å². The molecule has 10 nitrogen and oxygen atoms in total. The van der Waals surface area contributed by atoms with E-state index < -0.39 is 29.9 Å². The molecule has 5 aliphatic rings. The molecular weight excluding hydrogens is 610 g/mol. The van der Waals surface area contributed by atoms with Crippen molar-refractivity contribution in [2.75, 3.05) is 25.0 Å². The Morgan fingerprint density at radius 1 is 1.15 bits per heavy atom. The number of terminal acetylenes is 1. The second-order valence-corrected chi connectivity index (χ2v) is 13.8. The van der Waals surface area contributed by atoms with Gasteiger partial charge in [0.05, 0.1) is 11.9 Å². The Labute approximate surface area is 275 Å². The van der Waals surface area contributed by atoms with Gasteiger partial charge in [0, 0.05) is 73.0 Å². The minimum absolute atomic E-state index is 0.0224. The molecule has 2 bridgehead atoms. The number of fused-ring (bicyclic) bond motifs is 3. The maximum Gasteiger partial charge on any atom is 0.308 e. The third-order valence-corrected chi connectivity index (χ3v) is 10.6. The number of benzene rings is 1. The van der Waals surface area contributed by atoms with Gasteiger partial charge < -0.3 is 24.4 Å². The van der Waals surface area contributed by atoms with E-state index in [9.17, 15) is 9.59 Å². The molecule has 1 spiro atoms. The number of nitrogens with zero attached hydrogens (tertiary/aromatic N) is 2. The molecule has 1 aromatic heterocycles. The molecule has 1 saturated carbocycles. The Morgan fingerprint density at radius 3 is 2.83 bits per heavy atom. The van der Waals surface area contributed by atoms with E-state index >= 15 is 0 Å². The van der Waals surface area contributed by atoms with E-state index in [1.54, 1.807) is 11.1 Å². The number of ether oxygens (including phenoxy) is 3. The van der Waals surface area contributed by atoms with Crippen LogP contribution in [0.3, 0.4) is 0 Å². The third kappa shape index (κ3) is 6.45. The van der Waals surface area contributed by atoms with E-state index in [0.29, 0.717) is 49.8 Å². The highest BCUT2D eigenvalue weighted by atomic mass is 35.5. The number of rotatable bonds is 11. The topological polar surface area (TPSA) is 108 Å². The summed E-state index contributed by atoms with van der Waals surface area (Å²) in [6.07, 6.45) is 10.5. The van der Waals surface area contributed by atoms with Crippen molar-refractivity contribution in [2.45, 2.75) is 96.1 Å². The Hall–Kier alpha value is -2.94. The van der Waals surface area contributed by atoms with Crippen LogP contribution in [0.1, 0.15) is 72.1 Å². The number of hydrogen-bond acceptors (Lipinski definition) is 9. The molecule has 248 valence electrons. The lowest BCUT2D eigenvalue weighted by Gasteiger charge is -2.59. The number of anilines is 1. The lowest BCUT2D eigenvalue weighted by atomic mass is 9.58. The van der Waals surface area contributed by atoms with Crippen LogP contribution in [0.4, 0.5) is 5.69 Å². The first-order valence-electron chi connectivity index (χ1n) is 16.5. The van der Waals surface area contributed by atoms with E-state index in [0.717, 1.165) is 35.9 Å². The van der Waals surface area contributed by atoms with Crippen LogP contribution in [0, 0.1) is 36.0 Å². The summed E-state index contributed by atoms with van der Waals surface area (Å²) >= 11 is 6.13. The summed E-state index contributed by atoms with van der Waals surface area (Å²) in [6.45, 7) is 7.62. The van der Waals surface area contributed by atoms with E-state index in [1.165, 1.54) is 0 Å². The largest absolute Gasteiger partial charge is 0.435 e. The molecule has 1 N–H and O–H groups in total. The van der Waals surface area contributed by atoms with Gasteiger partial charge in [-0.05, 0) is 68.7 Å². The molecule has 7 rings (SSSR count). The minimum atomic E-state index is -0.908. The summed E-state index contributed by atoms with van der Waals surface area (Å²) in [6, 6.07) is 7.46. The normalized spacial score (nSPS) is 33.0. The molecule has 2 aromatic rings. The van der Waals surface area contributed by atoms with Crippen molar-refractivity contribution in [3.05, 3.63) is 35.5 Å². The number of carbonyl (C=O) groups excluding carboxylic acids is 2. The van der Waals surface area contributed by atoms with Crippen molar-refractivity contribution in [3.63, 3.8) is 0 Å². The predicted molar refractivity (Wildman–Crippen MR) is 172 cm³/mol. The lowest BCUT2D eigenvalue weighted by molar-refractivity contribution is -0.576. The molecule has 4 aliphatic heterocycles. The van der Waals surface area contributed by atoms with Crippen LogP contribution in [0.5, 0.6) is 0 Å². The molecule has 0 radical (unpaired) electrons. The van der Waals surface area contributed by atoms with Gasteiger partial charge in [-0.3, -0.25) is 14.6 Å². The Morgan fingerprint density at radius 2 is 2.00 bits per heavy atom. The monoisotopic (exact) mass is 653 g/mol. The van der Waals surface area contributed by atoms with Crippen molar-refractivity contribution >= 4 is 40.1 Å². The van der Waals surface area contributed by atoms with Crippen LogP contribution in [0.25, 0.3) is 10.9 Å². The second kappa shape index (κ2) is 13.7. The van der Waals surface area contributed by atoms with Crippen LogP contribution >= 0.6 is 11.6 Å². The number of amides is 1. The summed E-state index contributed by atoms with van der Waals surface area (Å²) < 4.78 is 18.6. The fourth-order valence-electron chi connectivity index (χ4n) is 7.90. The number of pyridine rings is 1. The van der Waals surface area contributed by atoms with Crippen molar-refractivity contribution < 1.29 is 33.6 Å². The first kappa shape index (κ1) is 33.0. The van der Waals surface area contributed by atoms with Crippen molar-refractivity contribution in [2.24, 2.45) is 23.7 Å². The van der Waals surface area contributed by atoms with Crippen LogP contribution in [-0.4, -0.2) is 65.4 Å². The fourth-order valence-corrected chi connectivity index (χ4v) is 8.06. The highest BCUT2D eigenvalue weighted by molar-refractivity contribution is 6.31. The summed E-state index contributed by atoms with van der Waals surface area (Å²) in [5.74, 6) is 1.69. The van der Waals surface area contributed by atoms with Gasteiger partial charge in [0.15, 0.2) is 11.9 Å². The van der Waals surface area contributed by atoms with E-state index in [2.05, 4.69) is 23.1 Å². The Balaban J connectivity index is 1.05. The Kier molecular flexibility index (Phi) is 9.79. The standard InChI is InChI=1S/C35H44ClN3O7/c1-5-6-7-19-39(20-18-38-28-15-17-37-29-21-24(36)9-10-25(28)29)30(40)12-13-31(41)42-32-23(3)27-11-8-22(2)26-14-16-34(4)44-33(43-32)35(26,27)46-45-34/h1,9-10,15,17,21-23,26-27,32-33H,6-8,11-14,16,18-20H2,2-4H3,(H,37,38)/t22-,23-,26+,27+,32-,33-,34?,35-/m1/s1. The number of aromatic nitrogens is 1. The zero-order valence-electron chi connectivity index (χ0n) is 26.8. The summed E-state index contributed by atoms with van der Waals surface area (Å²) in [5, 5.41) is 4.97. The highest BCUT2D eigenvalue weighted by Crippen LogP contribution is 2.60. The maximum atomic E-state index is 13.3. The third-order valence-electron chi connectivity index (χ3n) is 10.4. The molecule has 5 heterocycles. The van der Waals surface area contributed by atoms with Crippen molar-refractivity contribution in [1.29, 1.82) is 0 Å². The van der Waals surface area contributed by atoms with Gasteiger partial charge in [0.2, 0.25) is 18.0 Å². The lowest BCUT2D eigenvalue weighted by Crippen LogP contribution is -2.70.